The molecule has 7 heteroatoms. The van der Waals surface area contributed by atoms with Crippen molar-refractivity contribution in [1.29, 1.82) is 0 Å². The van der Waals surface area contributed by atoms with E-state index < -0.39 is 5.97 Å². The van der Waals surface area contributed by atoms with E-state index in [1.54, 1.807) is 12.3 Å². The second kappa shape index (κ2) is 10.5. The van der Waals surface area contributed by atoms with Crippen LogP contribution in [0.5, 0.6) is 0 Å². The molecule has 1 aromatic carbocycles. The Morgan fingerprint density at radius 1 is 1.09 bits per heavy atom. The second-order valence-electron chi connectivity index (χ2n) is 8.81. The van der Waals surface area contributed by atoms with Gasteiger partial charge in [-0.15, -0.1) is 5.10 Å². The van der Waals surface area contributed by atoms with Gasteiger partial charge in [-0.1, -0.05) is 63.3 Å². The molecule has 4 rings (SSSR count). The summed E-state index contributed by atoms with van der Waals surface area (Å²) in [4.78, 5) is 32.9. The third-order valence-electron chi connectivity index (χ3n) is 6.31. The molecule has 0 aliphatic heterocycles. The molecule has 0 spiro atoms. The SMILES string of the molecule is CCCn1nc(C(=O)CC2CCCCC2)nc1Cc1ccc(-c2ccncc2C(=O)O)cc1. The van der Waals surface area contributed by atoms with E-state index in [1.165, 1.54) is 25.5 Å². The molecule has 0 unspecified atom stereocenters. The van der Waals surface area contributed by atoms with Gasteiger partial charge in [-0.2, -0.15) is 0 Å². The zero-order valence-electron chi connectivity index (χ0n) is 19.0. The Bertz CT molecular complexity index is 1110. The predicted molar refractivity (Wildman–Crippen MR) is 125 cm³/mol. The molecule has 1 saturated carbocycles. The maximum atomic E-state index is 12.8. The molecular formula is C26H30N4O3. The largest absolute Gasteiger partial charge is 0.478 e. The van der Waals surface area contributed by atoms with Gasteiger partial charge in [0.15, 0.2) is 0 Å². The monoisotopic (exact) mass is 446 g/mol. The highest BCUT2D eigenvalue weighted by Crippen LogP contribution is 2.27. The zero-order chi connectivity index (χ0) is 23.2. The van der Waals surface area contributed by atoms with Gasteiger partial charge in [0.05, 0.1) is 5.56 Å². The Labute approximate surface area is 193 Å². The minimum atomic E-state index is -1.000. The molecule has 3 aromatic rings. The number of ketones is 1. The normalized spacial score (nSPS) is 14.3. The van der Waals surface area contributed by atoms with Crippen molar-refractivity contribution in [3.8, 4) is 11.1 Å². The van der Waals surface area contributed by atoms with Gasteiger partial charge in [-0.3, -0.25) is 9.78 Å². The van der Waals surface area contributed by atoms with Crippen LogP contribution in [0.3, 0.4) is 0 Å². The maximum Gasteiger partial charge on any atom is 0.337 e. The average Bonchev–Trinajstić information content (AvgIpc) is 3.23. The minimum absolute atomic E-state index is 0.0484. The zero-order valence-corrected chi connectivity index (χ0v) is 19.0. The summed E-state index contributed by atoms with van der Waals surface area (Å²) in [5, 5.41) is 14.0. The molecule has 1 N–H and O–H groups in total. The smallest absolute Gasteiger partial charge is 0.337 e. The number of aryl methyl sites for hydroxylation is 1. The highest BCUT2D eigenvalue weighted by Gasteiger charge is 2.22. The lowest BCUT2D eigenvalue weighted by atomic mass is 9.86. The highest BCUT2D eigenvalue weighted by molar-refractivity contribution is 5.95. The molecule has 0 saturated heterocycles. The van der Waals surface area contributed by atoms with Crippen LogP contribution in [0, 0.1) is 5.92 Å². The van der Waals surface area contributed by atoms with Crippen LogP contribution >= 0.6 is 0 Å². The second-order valence-corrected chi connectivity index (χ2v) is 8.81. The lowest BCUT2D eigenvalue weighted by Crippen LogP contribution is -2.13. The number of nitrogens with zero attached hydrogens (tertiary/aromatic N) is 4. The van der Waals surface area contributed by atoms with Crippen LogP contribution in [0.4, 0.5) is 0 Å². The first kappa shape index (κ1) is 22.8. The molecule has 33 heavy (non-hydrogen) atoms. The summed E-state index contributed by atoms with van der Waals surface area (Å²) >= 11 is 0. The molecule has 0 bridgehead atoms. The number of carboxylic acids is 1. The number of carboxylic acid groups (broad SMARTS) is 1. The van der Waals surface area contributed by atoms with Gasteiger partial charge in [0.25, 0.3) is 0 Å². The number of aromatic carboxylic acids is 1. The van der Waals surface area contributed by atoms with E-state index in [2.05, 4.69) is 22.0 Å². The maximum absolute atomic E-state index is 12.8. The van der Waals surface area contributed by atoms with Gasteiger partial charge < -0.3 is 5.11 Å². The Balaban J connectivity index is 1.51. The summed E-state index contributed by atoms with van der Waals surface area (Å²) in [6, 6.07) is 9.46. The van der Waals surface area contributed by atoms with Crippen LogP contribution in [0.15, 0.2) is 42.7 Å². The molecule has 1 aliphatic rings. The topological polar surface area (TPSA) is 98.0 Å². The lowest BCUT2D eigenvalue weighted by Gasteiger charge is -2.19. The third-order valence-corrected chi connectivity index (χ3v) is 6.31. The highest BCUT2D eigenvalue weighted by atomic mass is 16.4. The first-order valence-electron chi connectivity index (χ1n) is 11.8. The van der Waals surface area contributed by atoms with Crippen molar-refractivity contribution in [1.82, 2.24) is 19.7 Å². The fourth-order valence-corrected chi connectivity index (χ4v) is 4.56. The molecule has 172 valence electrons. The average molecular weight is 447 g/mol. The molecule has 0 amide bonds. The van der Waals surface area contributed by atoms with Crippen molar-refractivity contribution < 1.29 is 14.7 Å². The van der Waals surface area contributed by atoms with E-state index in [0.717, 1.165) is 42.8 Å². The third kappa shape index (κ3) is 5.53. The van der Waals surface area contributed by atoms with Crippen molar-refractivity contribution >= 4 is 11.8 Å². The summed E-state index contributed by atoms with van der Waals surface area (Å²) in [5.41, 5.74) is 2.65. The van der Waals surface area contributed by atoms with Crippen LogP contribution < -0.4 is 0 Å². The van der Waals surface area contributed by atoms with Crippen LogP contribution in [-0.4, -0.2) is 36.6 Å². The molecule has 2 heterocycles. The van der Waals surface area contributed by atoms with Gasteiger partial charge in [0.2, 0.25) is 11.6 Å². The number of carbonyl (C=O) groups is 2. The number of pyridine rings is 1. The number of Topliss-reactive ketones (excluding diaryl/α,β-unsaturated/α-hetero) is 1. The summed E-state index contributed by atoms with van der Waals surface area (Å²) < 4.78 is 1.85. The first-order valence-corrected chi connectivity index (χ1v) is 11.8. The van der Waals surface area contributed by atoms with Crippen molar-refractivity contribution in [2.75, 3.05) is 0 Å². The van der Waals surface area contributed by atoms with Crippen LogP contribution in [-0.2, 0) is 13.0 Å². The van der Waals surface area contributed by atoms with Crippen molar-refractivity contribution in [2.45, 2.75) is 64.8 Å². The summed E-state index contributed by atoms with van der Waals surface area (Å²) in [5.74, 6) is 0.631. The first-order chi connectivity index (χ1) is 16.0. The van der Waals surface area contributed by atoms with Crippen LogP contribution in [0.1, 0.15) is 84.2 Å². The van der Waals surface area contributed by atoms with Crippen LogP contribution in [0.2, 0.25) is 0 Å². The standard InChI is InChI=1S/C26H30N4O3/c1-2-14-30-24(28-25(29-30)23(31)15-18-6-4-3-5-7-18)16-19-8-10-20(11-9-19)21-12-13-27-17-22(21)26(32)33/h8-13,17-18H,2-7,14-16H2,1H3,(H,32,33). The molecular weight excluding hydrogens is 416 g/mol. The van der Waals surface area contributed by atoms with E-state index in [1.807, 2.05) is 28.9 Å². The fraction of sp³-hybridized carbons (Fsp3) is 0.423. The van der Waals surface area contributed by atoms with Gasteiger partial charge >= 0.3 is 5.97 Å². The molecule has 1 aliphatic carbocycles. The van der Waals surface area contributed by atoms with Crippen molar-refractivity contribution in [3.05, 3.63) is 65.5 Å². The predicted octanol–water partition coefficient (Wildman–Crippen LogP) is 5.19. The van der Waals surface area contributed by atoms with Gasteiger partial charge in [-0.05, 0) is 35.1 Å². The molecule has 2 aromatic heterocycles. The fourth-order valence-electron chi connectivity index (χ4n) is 4.56. The summed E-state index contributed by atoms with van der Waals surface area (Å²) in [7, 11) is 0. The van der Waals surface area contributed by atoms with Crippen molar-refractivity contribution in [2.24, 2.45) is 5.92 Å². The van der Waals surface area contributed by atoms with Gasteiger partial charge in [-0.25, -0.2) is 14.5 Å². The van der Waals surface area contributed by atoms with Crippen LogP contribution in [0.25, 0.3) is 11.1 Å². The number of hydrogen-bond acceptors (Lipinski definition) is 5. The minimum Gasteiger partial charge on any atom is -0.478 e. The lowest BCUT2D eigenvalue weighted by molar-refractivity contribution is 0.0697. The number of carbonyl (C=O) groups excluding carboxylic acids is 1. The van der Waals surface area contributed by atoms with E-state index >= 15 is 0 Å². The Kier molecular flexibility index (Phi) is 7.27. The number of benzene rings is 1. The Hall–Kier alpha value is -3.35. The number of aromatic nitrogens is 4. The molecule has 1 fully saturated rings. The Morgan fingerprint density at radius 3 is 2.55 bits per heavy atom. The quantitative estimate of drug-likeness (QED) is 0.454. The van der Waals surface area contributed by atoms with E-state index in [0.29, 0.717) is 30.1 Å². The van der Waals surface area contributed by atoms with Gasteiger partial charge in [0, 0.05) is 31.8 Å². The van der Waals surface area contributed by atoms with E-state index in [-0.39, 0.29) is 11.3 Å². The number of rotatable bonds is 9. The molecule has 0 atom stereocenters. The summed E-state index contributed by atoms with van der Waals surface area (Å²) in [6.45, 7) is 2.80. The van der Waals surface area contributed by atoms with E-state index in [4.69, 9.17) is 0 Å². The Morgan fingerprint density at radius 2 is 1.85 bits per heavy atom. The molecule has 0 radical (unpaired) electrons. The van der Waals surface area contributed by atoms with E-state index in [9.17, 15) is 14.7 Å². The number of hydrogen-bond donors (Lipinski definition) is 1. The van der Waals surface area contributed by atoms with Gasteiger partial charge in [0.1, 0.15) is 5.82 Å². The van der Waals surface area contributed by atoms with Crippen molar-refractivity contribution in [3.63, 3.8) is 0 Å². The molecule has 7 nitrogen and oxygen atoms in total. The summed E-state index contributed by atoms with van der Waals surface area (Å²) in [6.07, 6.45) is 10.9.